The highest BCUT2D eigenvalue weighted by Gasteiger charge is 2.43. The third-order valence-electron chi connectivity index (χ3n) is 6.31. The van der Waals surface area contributed by atoms with E-state index in [1.165, 1.54) is 38.5 Å². The maximum Gasteiger partial charge on any atom is 0.191 e. The molecule has 0 aromatic carbocycles. The predicted octanol–water partition coefficient (Wildman–Crippen LogP) is 2.20. The minimum atomic E-state index is -2.85. The van der Waals surface area contributed by atoms with E-state index in [0.717, 1.165) is 25.2 Å². The summed E-state index contributed by atoms with van der Waals surface area (Å²) in [7, 11) is -2.85. The van der Waals surface area contributed by atoms with Crippen molar-refractivity contribution in [2.24, 2.45) is 10.9 Å². The lowest BCUT2D eigenvalue weighted by atomic mass is 10.1. The molecule has 2 heterocycles. The standard InChI is InChI=1S/C19H33N3O4S.HI/c23-27(24)10-7-15(14-27)11-20-18(22-16-5-1-2-6-16)21-12-17-13-25-19(26-17)8-3-4-9-19;/h15-17H,1-14H2,(H2,20,21,22);1H. The molecule has 2 aliphatic carbocycles. The van der Waals surface area contributed by atoms with Gasteiger partial charge in [0.15, 0.2) is 21.6 Å². The van der Waals surface area contributed by atoms with Gasteiger partial charge < -0.3 is 20.1 Å². The van der Waals surface area contributed by atoms with E-state index in [0.29, 0.717) is 31.5 Å². The number of nitrogens with zero attached hydrogens (tertiary/aromatic N) is 1. The van der Waals surface area contributed by atoms with Gasteiger partial charge in [0.25, 0.3) is 0 Å². The lowest BCUT2D eigenvalue weighted by molar-refractivity contribution is -0.160. The fraction of sp³-hybridized carbons (Fsp3) is 0.947. The van der Waals surface area contributed by atoms with Gasteiger partial charge in [0.2, 0.25) is 0 Å². The zero-order valence-electron chi connectivity index (χ0n) is 16.5. The van der Waals surface area contributed by atoms with E-state index in [-0.39, 0.29) is 47.5 Å². The summed E-state index contributed by atoms with van der Waals surface area (Å²) in [6, 6.07) is 0.463. The average molecular weight is 527 g/mol. The van der Waals surface area contributed by atoms with Crippen LogP contribution in [0.5, 0.6) is 0 Å². The van der Waals surface area contributed by atoms with E-state index in [4.69, 9.17) is 14.5 Å². The van der Waals surface area contributed by atoms with E-state index < -0.39 is 9.84 Å². The lowest BCUT2D eigenvalue weighted by Gasteiger charge is -2.23. The summed E-state index contributed by atoms with van der Waals surface area (Å²) in [6.45, 7) is 1.86. The first-order valence-electron chi connectivity index (χ1n) is 10.6. The Morgan fingerprint density at radius 1 is 1.11 bits per heavy atom. The van der Waals surface area contributed by atoms with Gasteiger partial charge in [0, 0.05) is 32.0 Å². The molecule has 9 heteroatoms. The molecule has 0 aromatic rings. The number of ether oxygens (including phenoxy) is 2. The first-order valence-corrected chi connectivity index (χ1v) is 12.4. The molecule has 2 atom stereocenters. The fourth-order valence-electron chi connectivity index (χ4n) is 4.76. The molecule has 1 spiro atoms. The van der Waals surface area contributed by atoms with E-state index in [9.17, 15) is 8.42 Å². The van der Waals surface area contributed by atoms with Crippen molar-refractivity contribution in [3.8, 4) is 0 Å². The molecule has 4 rings (SSSR count). The molecule has 0 bridgehead atoms. The van der Waals surface area contributed by atoms with Crippen LogP contribution >= 0.6 is 24.0 Å². The Balaban J connectivity index is 0.00000225. The summed E-state index contributed by atoms with van der Waals surface area (Å²) in [6.07, 6.45) is 10.00. The highest BCUT2D eigenvalue weighted by Crippen LogP contribution is 2.39. The first-order chi connectivity index (χ1) is 13.0. The van der Waals surface area contributed by atoms with Crippen LogP contribution in [-0.2, 0) is 19.3 Å². The van der Waals surface area contributed by atoms with Crippen molar-refractivity contribution in [1.82, 2.24) is 10.6 Å². The van der Waals surface area contributed by atoms with E-state index in [2.05, 4.69) is 10.6 Å². The van der Waals surface area contributed by atoms with Gasteiger partial charge in [-0.05, 0) is 38.0 Å². The number of aliphatic imine (C=N–C) groups is 1. The molecule has 28 heavy (non-hydrogen) atoms. The van der Waals surface area contributed by atoms with Crippen LogP contribution in [0.25, 0.3) is 0 Å². The molecule has 0 radical (unpaired) electrons. The van der Waals surface area contributed by atoms with E-state index >= 15 is 0 Å². The van der Waals surface area contributed by atoms with E-state index in [1.807, 2.05) is 0 Å². The smallest absolute Gasteiger partial charge is 0.191 e. The third-order valence-corrected chi connectivity index (χ3v) is 8.14. The quantitative estimate of drug-likeness (QED) is 0.324. The highest BCUT2D eigenvalue weighted by atomic mass is 127. The van der Waals surface area contributed by atoms with Crippen molar-refractivity contribution in [2.75, 3.05) is 31.2 Å². The molecule has 0 aromatic heterocycles. The molecule has 4 fully saturated rings. The van der Waals surface area contributed by atoms with Crippen molar-refractivity contribution in [3.63, 3.8) is 0 Å². The summed E-state index contributed by atoms with van der Waals surface area (Å²) in [4.78, 5) is 4.72. The zero-order chi connectivity index (χ0) is 18.7. The van der Waals surface area contributed by atoms with Gasteiger partial charge in [-0.2, -0.15) is 0 Å². The first kappa shape index (κ1) is 22.6. The maximum atomic E-state index is 11.7. The number of sulfone groups is 1. The number of hydrogen-bond acceptors (Lipinski definition) is 5. The molecule has 7 nitrogen and oxygen atoms in total. The van der Waals surface area contributed by atoms with Crippen LogP contribution in [0.4, 0.5) is 0 Å². The summed E-state index contributed by atoms with van der Waals surface area (Å²) in [5.74, 6) is 1.18. The summed E-state index contributed by atoms with van der Waals surface area (Å²) >= 11 is 0. The van der Waals surface area contributed by atoms with Crippen molar-refractivity contribution >= 4 is 39.8 Å². The van der Waals surface area contributed by atoms with Gasteiger partial charge in [0.1, 0.15) is 6.10 Å². The Morgan fingerprint density at radius 2 is 1.86 bits per heavy atom. The Morgan fingerprint density at radius 3 is 2.54 bits per heavy atom. The zero-order valence-corrected chi connectivity index (χ0v) is 19.7. The second kappa shape index (κ2) is 9.78. The van der Waals surface area contributed by atoms with Crippen LogP contribution in [0.2, 0.25) is 0 Å². The van der Waals surface area contributed by atoms with Crippen molar-refractivity contribution < 1.29 is 17.9 Å². The van der Waals surface area contributed by atoms with Crippen LogP contribution in [0, 0.1) is 5.92 Å². The molecular weight excluding hydrogens is 493 g/mol. The minimum absolute atomic E-state index is 0. The van der Waals surface area contributed by atoms with Crippen LogP contribution in [0.1, 0.15) is 57.8 Å². The van der Waals surface area contributed by atoms with Gasteiger partial charge >= 0.3 is 0 Å². The molecule has 2 aliphatic heterocycles. The Labute approximate surface area is 185 Å². The molecule has 2 saturated carbocycles. The van der Waals surface area contributed by atoms with Crippen LogP contribution in [-0.4, -0.2) is 63.5 Å². The molecule has 4 aliphatic rings. The van der Waals surface area contributed by atoms with Gasteiger partial charge in [-0.25, -0.2) is 8.42 Å². The molecule has 2 saturated heterocycles. The second-order valence-corrected chi connectivity index (χ2v) is 10.9. The predicted molar refractivity (Wildman–Crippen MR) is 120 cm³/mol. The van der Waals surface area contributed by atoms with Crippen molar-refractivity contribution in [2.45, 2.75) is 75.7 Å². The minimum Gasteiger partial charge on any atom is -0.354 e. The Hall–Kier alpha value is -0.130. The van der Waals surface area contributed by atoms with Crippen LogP contribution in [0.3, 0.4) is 0 Å². The maximum absolute atomic E-state index is 11.7. The van der Waals surface area contributed by atoms with Crippen LogP contribution < -0.4 is 10.6 Å². The number of guanidine groups is 1. The number of rotatable bonds is 5. The van der Waals surface area contributed by atoms with Gasteiger partial charge in [-0.3, -0.25) is 4.99 Å². The average Bonchev–Trinajstić information content (AvgIpc) is 3.41. The summed E-state index contributed by atoms with van der Waals surface area (Å²) < 4.78 is 35.5. The molecule has 2 N–H and O–H groups in total. The van der Waals surface area contributed by atoms with Crippen LogP contribution in [0.15, 0.2) is 4.99 Å². The Kier molecular flexibility index (Phi) is 7.88. The highest BCUT2D eigenvalue weighted by molar-refractivity contribution is 14.0. The fourth-order valence-corrected chi connectivity index (χ4v) is 6.61. The third kappa shape index (κ3) is 5.95. The largest absolute Gasteiger partial charge is 0.354 e. The molecule has 0 amide bonds. The molecule has 2 unspecified atom stereocenters. The van der Waals surface area contributed by atoms with E-state index in [1.54, 1.807) is 0 Å². The summed E-state index contributed by atoms with van der Waals surface area (Å²) in [5.41, 5.74) is 0. The topological polar surface area (TPSA) is 89.0 Å². The van der Waals surface area contributed by atoms with Crippen molar-refractivity contribution in [1.29, 1.82) is 0 Å². The summed E-state index contributed by atoms with van der Waals surface area (Å²) in [5, 5.41) is 6.96. The van der Waals surface area contributed by atoms with Crippen molar-refractivity contribution in [3.05, 3.63) is 0 Å². The second-order valence-electron chi connectivity index (χ2n) is 8.63. The lowest BCUT2D eigenvalue weighted by Crippen LogP contribution is -2.46. The molecular formula is C19H34IN3O4S. The number of hydrogen-bond donors (Lipinski definition) is 2. The Bertz CT molecular complexity index is 646. The van der Waals surface area contributed by atoms with Gasteiger partial charge in [-0.15, -0.1) is 24.0 Å². The van der Waals surface area contributed by atoms with Gasteiger partial charge in [-0.1, -0.05) is 12.8 Å². The SMILES string of the molecule is I.O=S1(=O)CCC(CN=C(NCC2COC3(CCCC3)O2)NC2CCCC2)C1. The molecule has 162 valence electrons. The normalized spacial score (nSPS) is 31.9. The number of halogens is 1. The van der Waals surface area contributed by atoms with Gasteiger partial charge in [0.05, 0.1) is 18.1 Å². The number of nitrogens with one attached hydrogen (secondary N) is 2. The monoisotopic (exact) mass is 527 g/mol.